The number of piperidine rings is 1. The maximum absolute atomic E-state index is 15.4. The highest BCUT2D eigenvalue weighted by atomic mass is 19.1. The summed E-state index contributed by atoms with van der Waals surface area (Å²) in [4.78, 5) is 23.6. The fourth-order valence-electron chi connectivity index (χ4n) is 6.47. The summed E-state index contributed by atoms with van der Waals surface area (Å²) in [5.74, 6) is -0.788. The predicted molar refractivity (Wildman–Crippen MR) is 151 cm³/mol. The Balaban J connectivity index is 1.24. The highest BCUT2D eigenvalue weighted by Gasteiger charge is 2.43. The molecule has 6 rings (SSSR count). The second-order valence-electron chi connectivity index (χ2n) is 12.1. The van der Waals surface area contributed by atoms with Crippen molar-refractivity contribution < 1.29 is 18.3 Å². The van der Waals surface area contributed by atoms with Gasteiger partial charge in [-0.15, -0.1) is 0 Å². The van der Waals surface area contributed by atoms with Crippen LogP contribution in [-0.4, -0.2) is 78.6 Å². The molecule has 0 bridgehead atoms. The summed E-state index contributed by atoms with van der Waals surface area (Å²) < 4.78 is 43.8. The maximum Gasteiger partial charge on any atom is 0.368 e. The molecule has 2 N–H and O–H groups in total. The van der Waals surface area contributed by atoms with Crippen molar-refractivity contribution in [1.82, 2.24) is 34.7 Å². The average Bonchev–Trinajstić information content (AvgIpc) is 3.58. The first-order valence-electron chi connectivity index (χ1n) is 14.5. The molecule has 5 heterocycles. The van der Waals surface area contributed by atoms with E-state index in [9.17, 15) is 9.18 Å². The van der Waals surface area contributed by atoms with Crippen molar-refractivity contribution in [2.75, 3.05) is 37.0 Å². The Hall–Kier alpha value is -3.65. The SMILES string of the molecule is Cn1nnn(-c2cc(Nc3ncc(F)c(NC4CC5CCCN5C(C)(C)C4)n3)c(F)cc2OCC2CCOCC2)c1=O. The molecule has 0 amide bonds. The highest BCUT2D eigenvalue weighted by molar-refractivity contribution is 5.63. The van der Waals surface area contributed by atoms with Crippen LogP contribution >= 0.6 is 0 Å². The van der Waals surface area contributed by atoms with Crippen LogP contribution in [0.3, 0.4) is 0 Å². The van der Waals surface area contributed by atoms with Crippen LogP contribution in [0.15, 0.2) is 23.1 Å². The Bertz CT molecular complexity index is 1490. The van der Waals surface area contributed by atoms with Gasteiger partial charge >= 0.3 is 5.69 Å². The molecule has 1 aromatic carbocycles. The predicted octanol–water partition coefficient (Wildman–Crippen LogP) is 3.40. The van der Waals surface area contributed by atoms with E-state index in [1.165, 1.54) is 25.6 Å². The van der Waals surface area contributed by atoms with E-state index in [0.29, 0.717) is 25.9 Å². The summed E-state index contributed by atoms with van der Waals surface area (Å²) in [6, 6.07) is 3.08. The van der Waals surface area contributed by atoms with Crippen LogP contribution in [0.4, 0.5) is 26.2 Å². The lowest BCUT2D eigenvalue weighted by Crippen LogP contribution is -2.55. The number of hydrogen-bond acceptors (Lipinski definition) is 10. The minimum atomic E-state index is -0.657. The molecule has 226 valence electrons. The number of tetrazole rings is 1. The zero-order valence-electron chi connectivity index (χ0n) is 24.1. The van der Waals surface area contributed by atoms with Gasteiger partial charge in [-0.3, -0.25) is 4.90 Å². The van der Waals surface area contributed by atoms with Crippen molar-refractivity contribution in [3.8, 4) is 11.4 Å². The molecule has 0 aliphatic carbocycles. The number of rotatable bonds is 8. The Morgan fingerprint density at radius 2 is 1.95 bits per heavy atom. The fraction of sp³-hybridized carbons (Fsp3) is 0.607. The van der Waals surface area contributed by atoms with Gasteiger partial charge in [-0.25, -0.2) is 18.6 Å². The first kappa shape index (κ1) is 28.5. The van der Waals surface area contributed by atoms with Crippen molar-refractivity contribution in [2.45, 2.75) is 70.0 Å². The third-order valence-electron chi connectivity index (χ3n) is 8.60. The second-order valence-corrected chi connectivity index (χ2v) is 12.1. The highest BCUT2D eigenvalue weighted by Crippen LogP contribution is 2.39. The van der Waals surface area contributed by atoms with E-state index >= 15 is 4.39 Å². The zero-order valence-corrected chi connectivity index (χ0v) is 24.1. The van der Waals surface area contributed by atoms with Gasteiger partial charge in [0.05, 0.1) is 18.5 Å². The third kappa shape index (κ3) is 5.82. The molecule has 0 saturated carbocycles. The molecule has 3 aliphatic heterocycles. The summed E-state index contributed by atoms with van der Waals surface area (Å²) in [5.41, 5.74) is -0.355. The third-order valence-corrected chi connectivity index (χ3v) is 8.60. The molecule has 12 nitrogen and oxygen atoms in total. The van der Waals surface area contributed by atoms with Gasteiger partial charge in [0.1, 0.15) is 11.4 Å². The Morgan fingerprint density at radius 3 is 2.71 bits per heavy atom. The number of aryl methyl sites for hydroxylation is 1. The summed E-state index contributed by atoms with van der Waals surface area (Å²) >= 11 is 0. The van der Waals surface area contributed by atoms with E-state index in [1.54, 1.807) is 0 Å². The van der Waals surface area contributed by atoms with Crippen molar-refractivity contribution in [3.63, 3.8) is 0 Å². The van der Waals surface area contributed by atoms with Crippen molar-refractivity contribution in [2.24, 2.45) is 13.0 Å². The lowest BCUT2D eigenvalue weighted by molar-refractivity contribution is 0.0496. The molecular formula is C28H37F2N9O3. The molecule has 2 unspecified atom stereocenters. The Labute approximate surface area is 242 Å². The van der Waals surface area contributed by atoms with Gasteiger partial charge in [-0.05, 0) is 81.3 Å². The van der Waals surface area contributed by atoms with E-state index in [1.807, 2.05) is 0 Å². The molecule has 3 aromatic rings. The topological polar surface area (TPSA) is 124 Å². The molecule has 0 spiro atoms. The molecule has 2 atom stereocenters. The van der Waals surface area contributed by atoms with Gasteiger partial charge in [0, 0.05) is 44.0 Å². The van der Waals surface area contributed by atoms with Gasteiger partial charge in [-0.2, -0.15) is 14.3 Å². The summed E-state index contributed by atoms with van der Waals surface area (Å²) in [5, 5.41) is 13.8. The van der Waals surface area contributed by atoms with Crippen LogP contribution in [0.1, 0.15) is 52.4 Å². The smallest absolute Gasteiger partial charge is 0.368 e. The minimum absolute atomic E-state index is 0.00341. The number of benzene rings is 1. The molecule has 14 heteroatoms. The number of anilines is 3. The van der Waals surface area contributed by atoms with Crippen LogP contribution in [0.25, 0.3) is 5.69 Å². The van der Waals surface area contributed by atoms with Crippen LogP contribution in [0, 0.1) is 17.6 Å². The monoisotopic (exact) mass is 585 g/mol. The number of nitrogens with zero attached hydrogens (tertiary/aromatic N) is 7. The number of ether oxygens (including phenoxy) is 2. The van der Waals surface area contributed by atoms with E-state index in [2.05, 4.69) is 49.8 Å². The largest absolute Gasteiger partial charge is 0.491 e. The number of fused-ring (bicyclic) bond motifs is 1. The Morgan fingerprint density at radius 1 is 1.14 bits per heavy atom. The molecule has 0 radical (unpaired) electrons. The van der Waals surface area contributed by atoms with Crippen molar-refractivity contribution >= 4 is 17.5 Å². The van der Waals surface area contributed by atoms with Crippen LogP contribution < -0.4 is 21.1 Å². The van der Waals surface area contributed by atoms with E-state index in [4.69, 9.17) is 9.47 Å². The fourth-order valence-corrected chi connectivity index (χ4v) is 6.47. The van der Waals surface area contributed by atoms with Crippen molar-refractivity contribution in [1.29, 1.82) is 0 Å². The summed E-state index contributed by atoms with van der Waals surface area (Å²) in [6.45, 7) is 7.17. The Kier molecular flexibility index (Phi) is 7.83. The van der Waals surface area contributed by atoms with Gasteiger partial charge in [-0.1, -0.05) is 0 Å². The number of halogens is 2. The first-order chi connectivity index (χ1) is 20.2. The first-order valence-corrected chi connectivity index (χ1v) is 14.5. The molecule has 3 aliphatic rings. The van der Waals surface area contributed by atoms with Gasteiger partial charge in [0.15, 0.2) is 17.5 Å². The van der Waals surface area contributed by atoms with Crippen LogP contribution in [-0.2, 0) is 11.8 Å². The van der Waals surface area contributed by atoms with E-state index in [0.717, 1.165) is 54.2 Å². The number of aromatic nitrogens is 6. The number of hydrogen-bond donors (Lipinski definition) is 2. The lowest BCUT2D eigenvalue weighted by atomic mass is 9.84. The second kappa shape index (κ2) is 11.6. The van der Waals surface area contributed by atoms with E-state index in [-0.39, 0.29) is 46.4 Å². The molecule has 3 saturated heterocycles. The molecule has 3 fully saturated rings. The average molecular weight is 586 g/mol. The maximum atomic E-state index is 15.4. The summed E-state index contributed by atoms with van der Waals surface area (Å²) in [7, 11) is 1.47. The zero-order chi connectivity index (χ0) is 29.4. The normalized spacial score (nSPS) is 22.6. The van der Waals surface area contributed by atoms with Crippen molar-refractivity contribution in [3.05, 3.63) is 40.4 Å². The summed E-state index contributed by atoms with van der Waals surface area (Å²) in [6.07, 6.45) is 6.77. The van der Waals surface area contributed by atoms with Gasteiger partial charge in [0.2, 0.25) is 5.95 Å². The van der Waals surface area contributed by atoms with Crippen LogP contribution in [0.2, 0.25) is 0 Å². The molecular weight excluding hydrogens is 548 g/mol. The quantitative estimate of drug-likeness (QED) is 0.407. The number of nitrogens with one attached hydrogen (secondary N) is 2. The minimum Gasteiger partial charge on any atom is -0.491 e. The molecule has 42 heavy (non-hydrogen) atoms. The van der Waals surface area contributed by atoms with Crippen LogP contribution in [0.5, 0.6) is 5.75 Å². The standard InChI is InChI=1S/C28H37F2N9O3/c1-28(2)14-18(11-19-5-4-8-38(19)28)32-25-21(30)15-31-26(34-25)33-22-13-23(39-27(40)37(3)35-36-39)24(12-20(22)29)42-16-17-6-9-41-10-7-17/h12-13,15,17-19H,4-11,14,16H2,1-3H3,(H2,31,32,33,34). The van der Waals surface area contributed by atoms with Gasteiger partial charge in [0.25, 0.3) is 0 Å². The van der Waals surface area contributed by atoms with E-state index < -0.39 is 17.3 Å². The van der Waals surface area contributed by atoms with Gasteiger partial charge < -0.3 is 20.1 Å². The molecule has 2 aromatic heterocycles. The lowest BCUT2D eigenvalue weighted by Gasteiger charge is -2.47.